The van der Waals surface area contributed by atoms with Gasteiger partial charge in [-0.15, -0.1) is 0 Å². The van der Waals surface area contributed by atoms with Crippen molar-refractivity contribution in [2.45, 2.75) is 58.2 Å². The van der Waals surface area contributed by atoms with E-state index < -0.39 is 0 Å². The Morgan fingerprint density at radius 1 is 1.42 bits per heavy atom. The first-order valence-electron chi connectivity index (χ1n) is 9.97. The molecule has 0 saturated carbocycles. The molecule has 5 nitrogen and oxygen atoms in total. The minimum absolute atomic E-state index is 0.0354. The first-order chi connectivity index (χ1) is 12.6. The summed E-state index contributed by atoms with van der Waals surface area (Å²) in [6, 6.07) is 3.98. The minimum Gasteiger partial charge on any atom is -0.377 e. The zero-order valence-electron chi connectivity index (χ0n) is 16.2. The van der Waals surface area contributed by atoms with E-state index in [0.29, 0.717) is 30.8 Å². The van der Waals surface area contributed by atoms with Gasteiger partial charge in [0.05, 0.1) is 12.2 Å². The maximum Gasteiger partial charge on any atom is 0.222 e. The number of hydrogen-bond acceptors (Lipinski definition) is 4. The molecule has 0 N–H and O–H groups in total. The number of hydrogen-bond donors (Lipinski definition) is 0. The molecule has 2 aliphatic rings. The molecular weight excluding hydrogens is 328 g/mol. The van der Waals surface area contributed by atoms with Crippen LogP contribution in [-0.2, 0) is 20.9 Å². The van der Waals surface area contributed by atoms with Crippen molar-refractivity contribution in [2.75, 3.05) is 26.3 Å². The van der Waals surface area contributed by atoms with Crippen LogP contribution < -0.4 is 0 Å². The van der Waals surface area contributed by atoms with Crippen LogP contribution in [0.5, 0.6) is 0 Å². The van der Waals surface area contributed by atoms with Crippen LogP contribution in [0.1, 0.15) is 51.5 Å². The molecule has 1 unspecified atom stereocenters. The SMILES string of the molecule is CC(C)CC(=O)N1CCC2(CC1)OCCC2CCOCc1cccnc1. The Balaban J connectivity index is 1.44. The van der Waals surface area contributed by atoms with E-state index in [-0.39, 0.29) is 5.60 Å². The molecule has 2 aliphatic heterocycles. The smallest absolute Gasteiger partial charge is 0.222 e. The van der Waals surface area contributed by atoms with E-state index in [9.17, 15) is 4.79 Å². The van der Waals surface area contributed by atoms with Gasteiger partial charge in [0.15, 0.2) is 0 Å². The maximum atomic E-state index is 12.3. The van der Waals surface area contributed by atoms with Crippen LogP contribution in [0.3, 0.4) is 0 Å². The van der Waals surface area contributed by atoms with Gasteiger partial charge in [0.1, 0.15) is 0 Å². The van der Waals surface area contributed by atoms with Crippen molar-refractivity contribution >= 4 is 5.91 Å². The van der Waals surface area contributed by atoms with E-state index >= 15 is 0 Å². The highest BCUT2D eigenvalue weighted by atomic mass is 16.5. The van der Waals surface area contributed by atoms with Crippen molar-refractivity contribution in [1.29, 1.82) is 0 Å². The molecule has 3 heterocycles. The Kier molecular flexibility index (Phi) is 6.65. The fraction of sp³-hybridized carbons (Fsp3) is 0.714. The van der Waals surface area contributed by atoms with Crippen molar-refractivity contribution < 1.29 is 14.3 Å². The number of aromatic nitrogens is 1. The van der Waals surface area contributed by atoms with Crippen molar-refractivity contribution in [2.24, 2.45) is 11.8 Å². The number of carbonyl (C=O) groups excluding carboxylic acids is 1. The summed E-state index contributed by atoms with van der Waals surface area (Å²) in [5.74, 6) is 1.26. The Labute approximate surface area is 157 Å². The number of nitrogens with zero attached hydrogens (tertiary/aromatic N) is 2. The molecule has 1 spiro atoms. The molecule has 0 aromatic carbocycles. The Bertz CT molecular complexity index is 568. The van der Waals surface area contributed by atoms with E-state index in [4.69, 9.17) is 9.47 Å². The van der Waals surface area contributed by atoms with Crippen LogP contribution >= 0.6 is 0 Å². The van der Waals surface area contributed by atoms with Crippen LogP contribution in [0.2, 0.25) is 0 Å². The molecule has 2 saturated heterocycles. The van der Waals surface area contributed by atoms with E-state index in [1.165, 1.54) is 0 Å². The number of pyridine rings is 1. The predicted octanol–water partition coefficient (Wildman–Crippen LogP) is 3.43. The van der Waals surface area contributed by atoms with Gasteiger partial charge in [-0.1, -0.05) is 19.9 Å². The highest BCUT2D eigenvalue weighted by Gasteiger charge is 2.46. The standard InChI is InChI=1S/C21H32N2O3/c1-17(2)14-20(24)23-10-7-21(8-11-23)19(6-13-26-21)5-12-25-16-18-4-3-9-22-15-18/h3-4,9,15,17,19H,5-8,10-14,16H2,1-2H3. The molecule has 1 aromatic rings. The number of carbonyl (C=O) groups is 1. The fourth-order valence-corrected chi connectivity index (χ4v) is 4.26. The predicted molar refractivity (Wildman–Crippen MR) is 101 cm³/mol. The molecule has 2 fully saturated rings. The number of amides is 1. The van der Waals surface area contributed by atoms with Gasteiger partial charge in [0.25, 0.3) is 0 Å². The average molecular weight is 360 g/mol. The monoisotopic (exact) mass is 360 g/mol. The zero-order valence-corrected chi connectivity index (χ0v) is 16.2. The molecule has 0 radical (unpaired) electrons. The number of piperidine rings is 1. The molecular formula is C21H32N2O3. The normalized spacial score (nSPS) is 22.3. The lowest BCUT2D eigenvalue weighted by Gasteiger charge is -2.42. The summed E-state index contributed by atoms with van der Waals surface area (Å²) in [6.07, 6.45) is 8.34. The van der Waals surface area contributed by atoms with Gasteiger partial charge in [-0.3, -0.25) is 9.78 Å². The van der Waals surface area contributed by atoms with Gasteiger partial charge >= 0.3 is 0 Å². The number of likely N-dealkylation sites (tertiary alicyclic amines) is 1. The summed E-state index contributed by atoms with van der Waals surface area (Å²) in [4.78, 5) is 18.4. The summed E-state index contributed by atoms with van der Waals surface area (Å²) in [7, 11) is 0. The Morgan fingerprint density at radius 3 is 2.92 bits per heavy atom. The van der Waals surface area contributed by atoms with Crippen LogP contribution in [0, 0.1) is 11.8 Å². The van der Waals surface area contributed by atoms with Crippen LogP contribution in [-0.4, -0.2) is 47.7 Å². The molecule has 3 rings (SSSR count). The topological polar surface area (TPSA) is 51.7 Å². The van der Waals surface area contributed by atoms with Crippen LogP contribution in [0.25, 0.3) is 0 Å². The maximum absolute atomic E-state index is 12.3. The number of rotatable bonds is 7. The van der Waals surface area contributed by atoms with Crippen molar-refractivity contribution in [3.63, 3.8) is 0 Å². The van der Waals surface area contributed by atoms with Gasteiger partial charge < -0.3 is 14.4 Å². The lowest BCUT2D eigenvalue weighted by molar-refractivity contribution is -0.138. The van der Waals surface area contributed by atoms with Crippen molar-refractivity contribution in [1.82, 2.24) is 9.88 Å². The van der Waals surface area contributed by atoms with Gasteiger partial charge in [0.2, 0.25) is 5.91 Å². The molecule has 1 atom stereocenters. The third-order valence-corrected chi connectivity index (χ3v) is 5.75. The molecule has 1 amide bonds. The highest BCUT2D eigenvalue weighted by Crippen LogP contribution is 2.42. The molecule has 5 heteroatoms. The second-order valence-corrected chi connectivity index (χ2v) is 8.08. The third kappa shape index (κ3) is 4.83. The fourth-order valence-electron chi connectivity index (χ4n) is 4.26. The van der Waals surface area contributed by atoms with E-state index in [1.54, 1.807) is 6.20 Å². The molecule has 0 bridgehead atoms. The Hall–Kier alpha value is -1.46. The van der Waals surface area contributed by atoms with Gasteiger partial charge in [0, 0.05) is 45.1 Å². The zero-order chi connectivity index (χ0) is 18.4. The van der Waals surface area contributed by atoms with Gasteiger partial charge in [-0.2, -0.15) is 0 Å². The lowest BCUT2D eigenvalue weighted by atomic mass is 9.78. The highest BCUT2D eigenvalue weighted by molar-refractivity contribution is 5.76. The molecule has 0 aliphatic carbocycles. The quantitative estimate of drug-likeness (QED) is 0.699. The number of ether oxygens (including phenoxy) is 2. The summed E-state index contributed by atoms with van der Waals surface area (Å²) in [5, 5.41) is 0. The second-order valence-electron chi connectivity index (χ2n) is 8.08. The van der Waals surface area contributed by atoms with Gasteiger partial charge in [-0.25, -0.2) is 0 Å². The van der Waals surface area contributed by atoms with Crippen molar-refractivity contribution in [3.05, 3.63) is 30.1 Å². The Morgan fingerprint density at radius 2 is 2.23 bits per heavy atom. The average Bonchev–Trinajstić information content (AvgIpc) is 3.01. The van der Waals surface area contributed by atoms with Crippen LogP contribution in [0.4, 0.5) is 0 Å². The molecule has 1 aromatic heterocycles. The van der Waals surface area contributed by atoms with E-state index in [1.807, 2.05) is 23.2 Å². The lowest BCUT2D eigenvalue weighted by Crippen LogP contribution is -2.49. The first-order valence-corrected chi connectivity index (χ1v) is 9.97. The summed E-state index contributed by atoms with van der Waals surface area (Å²) < 4.78 is 12.1. The van der Waals surface area contributed by atoms with E-state index in [2.05, 4.69) is 18.8 Å². The first kappa shape index (κ1) is 19.3. The summed E-state index contributed by atoms with van der Waals surface area (Å²) in [5.41, 5.74) is 1.08. The second kappa shape index (κ2) is 8.96. The molecule has 144 valence electrons. The molecule has 26 heavy (non-hydrogen) atoms. The third-order valence-electron chi connectivity index (χ3n) is 5.75. The minimum atomic E-state index is -0.0354. The van der Waals surface area contributed by atoms with Crippen LogP contribution in [0.15, 0.2) is 24.5 Å². The van der Waals surface area contributed by atoms with Gasteiger partial charge in [-0.05, 0) is 49.1 Å². The largest absolute Gasteiger partial charge is 0.377 e. The van der Waals surface area contributed by atoms with E-state index in [0.717, 1.165) is 57.6 Å². The summed E-state index contributed by atoms with van der Waals surface area (Å²) >= 11 is 0. The van der Waals surface area contributed by atoms with Crippen molar-refractivity contribution in [3.8, 4) is 0 Å². The summed E-state index contributed by atoms with van der Waals surface area (Å²) in [6.45, 7) is 8.08.